The van der Waals surface area contributed by atoms with E-state index in [2.05, 4.69) is 0 Å². The van der Waals surface area contributed by atoms with Gasteiger partial charge in [-0.05, 0) is 5.56 Å². The molecule has 72 valence electrons. The van der Waals surface area contributed by atoms with Crippen LogP contribution in [0.15, 0.2) is 36.4 Å². The van der Waals surface area contributed by atoms with Gasteiger partial charge in [-0.1, -0.05) is 30.3 Å². The molecule has 4 nitrogen and oxygen atoms in total. The molecule has 0 aromatic heterocycles. The van der Waals surface area contributed by atoms with Crippen molar-refractivity contribution in [2.45, 2.75) is 0 Å². The van der Waals surface area contributed by atoms with Crippen molar-refractivity contribution in [1.29, 1.82) is 0 Å². The van der Waals surface area contributed by atoms with Gasteiger partial charge in [0.15, 0.2) is 0 Å². The first-order valence-corrected chi connectivity index (χ1v) is 3.91. The molecule has 0 aliphatic heterocycles. The van der Waals surface area contributed by atoms with Gasteiger partial charge in [0, 0.05) is 11.8 Å². The molecule has 0 aliphatic rings. The third-order valence-electron chi connectivity index (χ3n) is 1.60. The van der Waals surface area contributed by atoms with Gasteiger partial charge in [-0.3, -0.25) is 4.79 Å². The van der Waals surface area contributed by atoms with Crippen LogP contribution in [-0.2, 0) is 9.59 Å². The minimum atomic E-state index is -1.51. The van der Waals surface area contributed by atoms with E-state index < -0.39 is 11.8 Å². The highest BCUT2D eigenvalue weighted by Crippen LogP contribution is 2.07. The van der Waals surface area contributed by atoms with Crippen molar-refractivity contribution < 1.29 is 14.7 Å². The Balaban J connectivity index is 2.91. The third-order valence-corrected chi connectivity index (χ3v) is 1.60. The summed E-state index contributed by atoms with van der Waals surface area (Å²) in [6.45, 7) is 0. The summed E-state index contributed by atoms with van der Waals surface area (Å²) in [4.78, 5) is 21.0. The summed E-state index contributed by atoms with van der Waals surface area (Å²) in [7, 11) is 0. The van der Waals surface area contributed by atoms with Crippen LogP contribution < -0.4 is 5.73 Å². The predicted molar refractivity (Wildman–Crippen MR) is 51.2 cm³/mol. The number of carbonyl (C=O) groups is 2. The van der Waals surface area contributed by atoms with Gasteiger partial charge >= 0.3 is 5.97 Å². The molecule has 0 spiro atoms. The number of aliphatic carboxylic acids is 1. The summed E-state index contributed by atoms with van der Waals surface area (Å²) in [5.41, 5.74) is 6.29. The molecule has 0 bridgehead atoms. The minimum absolute atomic E-state index is 0.151. The second-order valence-corrected chi connectivity index (χ2v) is 2.64. The molecule has 0 amide bonds. The fourth-order valence-electron chi connectivity index (χ4n) is 0.917. The number of nitrogens with two attached hydrogens (primary N) is 1. The highest BCUT2D eigenvalue weighted by Gasteiger charge is 2.08. The number of rotatable bonds is 3. The van der Waals surface area contributed by atoms with Gasteiger partial charge in [0.2, 0.25) is 0 Å². The van der Waals surface area contributed by atoms with Crippen LogP contribution in [0.3, 0.4) is 0 Å². The maximum atomic E-state index is 10.8. The molecule has 0 radical (unpaired) electrons. The van der Waals surface area contributed by atoms with E-state index in [1.165, 1.54) is 0 Å². The Morgan fingerprint density at radius 1 is 1.21 bits per heavy atom. The number of benzene rings is 1. The summed E-state index contributed by atoms with van der Waals surface area (Å²) < 4.78 is 0. The SMILES string of the molecule is N/C(=C\C(=O)C(=O)O)c1ccccc1. The molecule has 1 rings (SSSR count). The van der Waals surface area contributed by atoms with Crippen molar-refractivity contribution in [3.63, 3.8) is 0 Å². The molecular weight excluding hydrogens is 182 g/mol. The normalized spacial score (nSPS) is 11.0. The fourth-order valence-corrected chi connectivity index (χ4v) is 0.917. The zero-order chi connectivity index (χ0) is 10.6. The second kappa shape index (κ2) is 4.23. The van der Waals surface area contributed by atoms with E-state index in [1.807, 2.05) is 0 Å². The lowest BCUT2D eigenvalue weighted by molar-refractivity contribution is -0.146. The summed E-state index contributed by atoms with van der Waals surface area (Å²) in [6.07, 6.45) is 0.900. The monoisotopic (exact) mass is 191 g/mol. The quantitative estimate of drug-likeness (QED) is 0.542. The number of ketones is 1. The Hall–Kier alpha value is -2.10. The molecule has 0 fully saturated rings. The lowest BCUT2D eigenvalue weighted by Gasteiger charge is -1.98. The van der Waals surface area contributed by atoms with Crippen LogP contribution >= 0.6 is 0 Å². The summed E-state index contributed by atoms with van der Waals surface area (Å²) in [5.74, 6) is -2.53. The van der Waals surface area contributed by atoms with Gasteiger partial charge in [0.1, 0.15) is 0 Å². The number of carboxylic acids is 1. The maximum Gasteiger partial charge on any atom is 0.376 e. The molecule has 0 atom stereocenters. The van der Waals surface area contributed by atoms with Crippen molar-refractivity contribution >= 4 is 17.4 Å². The van der Waals surface area contributed by atoms with Crippen LogP contribution in [0.25, 0.3) is 5.70 Å². The molecule has 1 aromatic carbocycles. The zero-order valence-electron chi connectivity index (χ0n) is 7.31. The lowest BCUT2D eigenvalue weighted by atomic mass is 10.1. The molecule has 0 saturated heterocycles. The second-order valence-electron chi connectivity index (χ2n) is 2.64. The smallest absolute Gasteiger partial charge is 0.376 e. The predicted octanol–water partition coefficient (Wildman–Crippen LogP) is 0.640. The molecule has 1 aromatic rings. The van der Waals surface area contributed by atoms with Crippen molar-refractivity contribution in [1.82, 2.24) is 0 Å². The Labute approximate surface area is 80.7 Å². The van der Waals surface area contributed by atoms with Gasteiger partial charge in [-0.15, -0.1) is 0 Å². The van der Waals surface area contributed by atoms with Crippen LogP contribution in [0.4, 0.5) is 0 Å². The lowest BCUT2D eigenvalue weighted by Crippen LogP contribution is -2.11. The van der Waals surface area contributed by atoms with Gasteiger partial charge in [-0.25, -0.2) is 4.79 Å². The Morgan fingerprint density at radius 2 is 1.79 bits per heavy atom. The Kier molecular flexibility index (Phi) is 3.01. The van der Waals surface area contributed by atoms with Crippen LogP contribution in [0.2, 0.25) is 0 Å². The van der Waals surface area contributed by atoms with E-state index in [0.717, 1.165) is 6.08 Å². The van der Waals surface area contributed by atoms with Crippen molar-refractivity contribution in [2.75, 3.05) is 0 Å². The topological polar surface area (TPSA) is 80.4 Å². The zero-order valence-corrected chi connectivity index (χ0v) is 7.31. The first-order valence-electron chi connectivity index (χ1n) is 3.91. The van der Waals surface area contributed by atoms with Gasteiger partial charge in [0.05, 0.1) is 0 Å². The van der Waals surface area contributed by atoms with E-state index in [4.69, 9.17) is 10.8 Å². The first-order chi connectivity index (χ1) is 6.61. The largest absolute Gasteiger partial charge is 0.475 e. The summed E-state index contributed by atoms with van der Waals surface area (Å²) in [6, 6.07) is 8.69. The standard InChI is InChI=1S/C10H9NO3/c11-8(6-9(12)10(13)14)7-4-2-1-3-5-7/h1-6H,11H2,(H,13,14)/b8-6-. The molecule has 3 N–H and O–H groups in total. The minimum Gasteiger partial charge on any atom is -0.475 e. The molecular formula is C10H9NO3. The van der Waals surface area contributed by atoms with Crippen molar-refractivity contribution in [3.05, 3.63) is 42.0 Å². The number of hydrogen-bond donors (Lipinski definition) is 2. The average molecular weight is 191 g/mol. The number of carboxylic acid groups (broad SMARTS) is 1. The molecule has 0 heterocycles. The van der Waals surface area contributed by atoms with E-state index in [9.17, 15) is 9.59 Å². The molecule has 0 aliphatic carbocycles. The summed E-state index contributed by atoms with van der Waals surface area (Å²) >= 11 is 0. The van der Waals surface area contributed by atoms with Crippen LogP contribution in [0.5, 0.6) is 0 Å². The highest BCUT2D eigenvalue weighted by atomic mass is 16.4. The molecule has 14 heavy (non-hydrogen) atoms. The van der Waals surface area contributed by atoms with Crippen molar-refractivity contribution in [3.8, 4) is 0 Å². The van der Waals surface area contributed by atoms with E-state index in [0.29, 0.717) is 5.56 Å². The Morgan fingerprint density at radius 3 is 2.29 bits per heavy atom. The third kappa shape index (κ3) is 2.45. The van der Waals surface area contributed by atoms with Gasteiger partial charge < -0.3 is 10.8 Å². The summed E-state index contributed by atoms with van der Waals surface area (Å²) in [5, 5.41) is 8.33. The molecule has 0 saturated carbocycles. The van der Waals surface area contributed by atoms with E-state index in [1.54, 1.807) is 30.3 Å². The van der Waals surface area contributed by atoms with Crippen molar-refractivity contribution in [2.24, 2.45) is 5.73 Å². The molecule has 0 unspecified atom stereocenters. The first kappa shape index (κ1) is 9.98. The molecule has 4 heteroatoms. The van der Waals surface area contributed by atoms with Crippen LogP contribution in [-0.4, -0.2) is 16.9 Å². The maximum absolute atomic E-state index is 10.8. The highest BCUT2D eigenvalue weighted by molar-refractivity contribution is 6.38. The van der Waals surface area contributed by atoms with Gasteiger partial charge in [-0.2, -0.15) is 0 Å². The Bertz CT molecular complexity index is 382. The van der Waals surface area contributed by atoms with Crippen LogP contribution in [0, 0.1) is 0 Å². The number of carbonyl (C=O) groups excluding carboxylic acids is 1. The van der Waals surface area contributed by atoms with Gasteiger partial charge in [0.25, 0.3) is 5.78 Å². The van der Waals surface area contributed by atoms with E-state index >= 15 is 0 Å². The number of hydrogen-bond acceptors (Lipinski definition) is 3. The fraction of sp³-hybridized carbons (Fsp3) is 0. The van der Waals surface area contributed by atoms with E-state index in [-0.39, 0.29) is 5.70 Å². The average Bonchev–Trinajstić information content (AvgIpc) is 2.19. The van der Waals surface area contributed by atoms with Crippen LogP contribution in [0.1, 0.15) is 5.56 Å².